The third-order valence-corrected chi connectivity index (χ3v) is 2.99. The van der Waals surface area contributed by atoms with Gasteiger partial charge in [-0.25, -0.2) is 9.67 Å². The highest BCUT2D eigenvalue weighted by Gasteiger charge is 2.10. The number of aryl methyl sites for hydroxylation is 2. The number of halogens is 2. The molecule has 0 saturated carbocycles. The van der Waals surface area contributed by atoms with Crippen molar-refractivity contribution in [1.82, 2.24) is 14.8 Å². The summed E-state index contributed by atoms with van der Waals surface area (Å²) in [5.74, 6) is 1.21. The van der Waals surface area contributed by atoms with E-state index in [1.807, 2.05) is 30.7 Å². The van der Waals surface area contributed by atoms with E-state index in [9.17, 15) is 0 Å². The number of hydrogen-bond donors (Lipinski definition) is 0. The number of nitrogens with zero attached hydrogens (tertiary/aromatic N) is 3. The SMILES string of the molecule is Cc1cc(C)n(-c2ncc(Br)cc2CCl)n1. The first-order valence-electron chi connectivity index (χ1n) is 4.86. The molecule has 2 aromatic heterocycles. The van der Waals surface area contributed by atoms with Crippen LogP contribution in [0.3, 0.4) is 0 Å². The quantitative estimate of drug-likeness (QED) is 0.796. The van der Waals surface area contributed by atoms with Crippen molar-refractivity contribution in [1.29, 1.82) is 0 Å². The summed E-state index contributed by atoms with van der Waals surface area (Å²) in [6.45, 7) is 3.96. The average molecular weight is 301 g/mol. The Balaban J connectivity index is 2.59. The normalized spacial score (nSPS) is 10.8. The largest absolute Gasteiger partial charge is 0.236 e. The fourth-order valence-electron chi connectivity index (χ4n) is 1.61. The van der Waals surface area contributed by atoms with Crippen LogP contribution < -0.4 is 0 Å². The van der Waals surface area contributed by atoms with Crippen molar-refractivity contribution in [3.05, 3.63) is 39.8 Å². The summed E-state index contributed by atoms with van der Waals surface area (Å²) >= 11 is 9.29. The van der Waals surface area contributed by atoms with Crippen LogP contribution in [-0.2, 0) is 5.88 Å². The fourth-order valence-corrected chi connectivity index (χ4v) is 2.18. The van der Waals surface area contributed by atoms with Gasteiger partial charge in [-0.3, -0.25) is 0 Å². The zero-order valence-corrected chi connectivity index (χ0v) is 11.4. The summed E-state index contributed by atoms with van der Waals surface area (Å²) in [7, 11) is 0. The average Bonchev–Trinajstić information content (AvgIpc) is 2.57. The maximum absolute atomic E-state index is 5.91. The maximum atomic E-state index is 5.91. The Morgan fingerprint density at radius 3 is 2.69 bits per heavy atom. The predicted octanol–water partition coefficient (Wildman–Crippen LogP) is 3.39. The number of aromatic nitrogens is 3. The molecule has 0 radical (unpaired) electrons. The van der Waals surface area contributed by atoms with Crippen molar-refractivity contribution in [2.24, 2.45) is 0 Å². The molecule has 0 aliphatic rings. The topological polar surface area (TPSA) is 30.7 Å². The van der Waals surface area contributed by atoms with Crippen molar-refractivity contribution < 1.29 is 0 Å². The summed E-state index contributed by atoms with van der Waals surface area (Å²) in [4.78, 5) is 4.36. The lowest BCUT2D eigenvalue weighted by atomic mass is 10.3. The summed E-state index contributed by atoms with van der Waals surface area (Å²) in [5, 5.41) is 4.40. The van der Waals surface area contributed by atoms with Gasteiger partial charge < -0.3 is 0 Å². The van der Waals surface area contributed by atoms with Crippen molar-refractivity contribution in [3.8, 4) is 5.82 Å². The Morgan fingerprint density at radius 2 is 2.12 bits per heavy atom. The molecule has 2 aromatic rings. The summed E-state index contributed by atoms with van der Waals surface area (Å²) in [6, 6.07) is 3.98. The molecule has 0 spiro atoms. The van der Waals surface area contributed by atoms with E-state index >= 15 is 0 Å². The van der Waals surface area contributed by atoms with Gasteiger partial charge in [-0.05, 0) is 41.9 Å². The molecular weight excluding hydrogens is 289 g/mol. The molecule has 5 heteroatoms. The second-order valence-electron chi connectivity index (χ2n) is 3.61. The molecule has 0 fully saturated rings. The minimum Gasteiger partial charge on any atom is -0.236 e. The van der Waals surface area contributed by atoms with Gasteiger partial charge in [-0.1, -0.05) is 0 Å². The first kappa shape index (κ1) is 11.6. The summed E-state index contributed by atoms with van der Waals surface area (Å²) < 4.78 is 2.74. The van der Waals surface area contributed by atoms with Crippen molar-refractivity contribution in [2.45, 2.75) is 19.7 Å². The van der Waals surface area contributed by atoms with Crippen LogP contribution in [0.25, 0.3) is 5.82 Å². The van der Waals surface area contributed by atoms with E-state index < -0.39 is 0 Å². The van der Waals surface area contributed by atoms with E-state index in [0.29, 0.717) is 5.88 Å². The van der Waals surface area contributed by atoms with E-state index in [1.54, 1.807) is 6.20 Å². The zero-order valence-electron chi connectivity index (χ0n) is 9.04. The first-order valence-corrected chi connectivity index (χ1v) is 6.18. The Bertz CT molecular complexity index is 522. The zero-order chi connectivity index (χ0) is 11.7. The van der Waals surface area contributed by atoms with Gasteiger partial charge in [0.25, 0.3) is 0 Å². The first-order chi connectivity index (χ1) is 7.61. The van der Waals surface area contributed by atoms with E-state index in [4.69, 9.17) is 11.6 Å². The van der Waals surface area contributed by atoms with Crippen LogP contribution in [0.4, 0.5) is 0 Å². The Morgan fingerprint density at radius 1 is 1.38 bits per heavy atom. The maximum Gasteiger partial charge on any atom is 0.158 e. The molecule has 2 rings (SSSR count). The highest BCUT2D eigenvalue weighted by Crippen LogP contribution is 2.20. The predicted molar refractivity (Wildman–Crippen MR) is 68.1 cm³/mol. The van der Waals surface area contributed by atoms with Crippen LogP contribution in [0.15, 0.2) is 22.8 Å². The minimum atomic E-state index is 0.417. The van der Waals surface area contributed by atoms with Gasteiger partial charge >= 0.3 is 0 Å². The number of alkyl halides is 1. The van der Waals surface area contributed by atoms with Crippen LogP contribution >= 0.6 is 27.5 Å². The van der Waals surface area contributed by atoms with Crippen molar-refractivity contribution in [2.75, 3.05) is 0 Å². The highest BCUT2D eigenvalue weighted by molar-refractivity contribution is 9.10. The van der Waals surface area contributed by atoms with Crippen molar-refractivity contribution in [3.63, 3.8) is 0 Å². The fraction of sp³-hybridized carbons (Fsp3) is 0.273. The molecule has 0 unspecified atom stereocenters. The van der Waals surface area contributed by atoms with Gasteiger partial charge in [0.15, 0.2) is 5.82 Å². The van der Waals surface area contributed by atoms with E-state index in [1.165, 1.54) is 0 Å². The van der Waals surface area contributed by atoms with Crippen LogP contribution in [0.1, 0.15) is 17.0 Å². The third-order valence-electron chi connectivity index (χ3n) is 2.26. The molecular formula is C11H11BrClN3. The lowest BCUT2D eigenvalue weighted by molar-refractivity contribution is 0.796. The molecule has 84 valence electrons. The Hall–Kier alpha value is -0.870. The molecule has 2 heterocycles. The van der Waals surface area contributed by atoms with Crippen LogP contribution in [-0.4, -0.2) is 14.8 Å². The third kappa shape index (κ3) is 2.13. The number of pyridine rings is 1. The molecule has 0 N–H and O–H groups in total. The molecule has 0 aliphatic carbocycles. The second kappa shape index (κ2) is 4.55. The molecule has 0 saturated heterocycles. The summed E-state index contributed by atoms with van der Waals surface area (Å²) in [6.07, 6.45) is 1.75. The van der Waals surface area contributed by atoms with Gasteiger partial charge in [0.2, 0.25) is 0 Å². The van der Waals surface area contributed by atoms with Crippen molar-refractivity contribution >= 4 is 27.5 Å². The Kier molecular flexibility index (Phi) is 3.30. The lowest BCUT2D eigenvalue weighted by Crippen LogP contribution is -2.05. The molecule has 0 bridgehead atoms. The van der Waals surface area contributed by atoms with Gasteiger partial charge in [-0.15, -0.1) is 11.6 Å². The lowest BCUT2D eigenvalue weighted by Gasteiger charge is -2.08. The van der Waals surface area contributed by atoms with Crippen LogP contribution in [0.5, 0.6) is 0 Å². The molecule has 0 aromatic carbocycles. The van der Waals surface area contributed by atoms with Gasteiger partial charge in [0.1, 0.15) is 0 Å². The summed E-state index contributed by atoms with van der Waals surface area (Å²) in [5.41, 5.74) is 2.99. The smallest absolute Gasteiger partial charge is 0.158 e. The van der Waals surface area contributed by atoms with Gasteiger partial charge in [0, 0.05) is 21.9 Å². The number of hydrogen-bond acceptors (Lipinski definition) is 2. The molecule has 3 nitrogen and oxygen atoms in total. The Labute approximate surface area is 108 Å². The molecule has 0 amide bonds. The monoisotopic (exact) mass is 299 g/mol. The second-order valence-corrected chi connectivity index (χ2v) is 4.79. The van der Waals surface area contributed by atoms with Gasteiger partial charge in [-0.2, -0.15) is 5.10 Å². The minimum absolute atomic E-state index is 0.417. The molecule has 16 heavy (non-hydrogen) atoms. The highest BCUT2D eigenvalue weighted by atomic mass is 79.9. The number of rotatable bonds is 2. The van der Waals surface area contributed by atoms with Crippen LogP contribution in [0, 0.1) is 13.8 Å². The standard InChI is InChI=1S/C11H11BrClN3/c1-7-3-8(2)16(15-7)11-9(5-13)4-10(12)6-14-11/h3-4,6H,5H2,1-2H3. The van der Waals surface area contributed by atoms with E-state index in [0.717, 1.165) is 27.2 Å². The van der Waals surface area contributed by atoms with E-state index in [-0.39, 0.29) is 0 Å². The van der Waals surface area contributed by atoms with Gasteiger partial charge in [0.05, 0.1) is 11.6 Å². The van der Waals surface area contributed by atoms with Crippen LogP contribution in [0.2, 0.25) is 0 Å². The molecule has 0 aliphatic heterocycles. The van der Waals surface area contributed by atoms with E-state index in [2.05, 4.69) is 26.0 Å². The molecule has 0 atom stereocenters.